The van der Waals surface area contributed by atoms with E-state index < -0.39 is 11.9 Å². The minimum atomic E-state index is -0.527. The SMILES string of the molecule is COc1cc(/C=C2\NC(=O)NC2=O)cc(I)c1OCc1ccc(C)cc1. The topological polar surface area (TPSA) is 76.7 Å². The Labute approximate surface area is 164 Å². The number of methoxy groups -OCH3 is 1. The molecule has 0 spiro atoms. The smallest absolute Gasteiger partial charge is 0.326 e. The van der Waals surface area contributed by atoms with Gasteiger partial charge < -0.3 is 14.8 Å². The molecule has 2 aromatic carbocycles. The van der Waals surface area contributed by atoms with E-state index in [4.69, 9.17) is 9.47 Å². The summed E-state index contributed by atoms with van der Waals surface area (Å²) in [4.78, 5) is 22.9. The maximum Gasteiger partial charge on any atom is 0.326 e. The monoisotopic (exact) mass is 464 g/mol. The molecule has 1 fully saturated rings. The minimum Gasteiger partial charge on any atom is -0.493 e. The lowest BCUT2D eigenvalue weighted by molar-refractivity contribution is -0.115. The van der Waals surface area contributed by atoms with E-state index in [0.717, 1.165) is 14.7 Å². The van der Waals surface area contributed by atoms with Crippen LogP contribution < -0.4 is 20.1 Å². The second-order valence-electron chi connectivity index (χ2n) is 5.77. The number of imide groups is 1. The largest absolute Gasteiger partial charge is 0.493 e. The maximum atomic E-state index is 11.7. The summed E-state index contributed by atoms with van der Waals surface area (Å²) in [7, 11) is 1.56. The van der Waals surface area contributed by atoms with Gasteiger partial charge in [-0.05, 0) is 58.9 Å². The van der Waals surface area contributed by atoms with E-state index in [0.29, 0.717) is 18.1 Å². The number of ether oxygens (including phenoxy) is 2. The molecule has 0 unspecified atom stereocenters. The van der Waals surface area contributed by atoms with E-state index in [-0.39, 0.29) is 5.70 Å². The molecule has 26 heavy (non-hydrogen) atoms. The number of hydrogen-bond acceptors (Lipinski definition) is 4. The number of carbonyl (C=O) groups is 2. The molecule has 2 N–H and O–H groups in total. The first-order valence-electron chi connectivity index (χ1n) is 7.86. The van der Waals surface area contributed by atoms with Gasteiger partial charge in [-0.3, -0.25) is 10.1 Å². The quantitative estimate of drug-likeness (QED) is 0.404. The van der Waals surface area contributed by atoms with Gasteiger partial charge in [-0.1, -0.05) is 29.8 Å². The fourth-order valence-electron chi connectivity index (χ4n) is 2.45. The first-order valence-corrected chi connectivity index (χ1v) is 8.94. The molecule has 7 heteroatoms. The lowest BCUT2D eigenvalue weighted by Crippen LogP contribution is -2.22. The number of amides is 3. The fraction of sp³-hybridized carbons (Fsp3) is 0.158. The predicted octanol–water partition coefficient (Wildman–Crippen LogP) is 3.37. The highest BCUT2D eigenvalue weighted by molar-refractivity contribution is 14.1. The van der Waals surface area contributed by atoms with Gasteiger partial charge in [-0.25, -0.2) is 4.79 Å². The molecular formula is C19H17IN2O4. The van der Waals surface area contributed by atoms with Gasteiger partial charge in [0.15, 0.2) is 11.5 Å². The van der Waals surface area contributed by atoms with Crippen molar-refractivity contribution in [3.05, 3.63) is 62.4 Å². The lowest BCUT2D eigenvalue weighted by Gasteiger charge is -2.14. The van der Waals surface area contributed by atoms with E-state index >= 15 is 0 Å². The molecule has 6 nitrogen and oxygen atoms in total. The third-order valence-electron chi connectivity index (χ3n) is 3.79. The van der Waals surface area contributed by atoms with Crippen LogP contribution in [-0.4, -0.2) is 19.0 Å². The van der Waals surface area contributed by atoms with Crippen molar-refractivity contribution in [1.29, 1.82) is 0 Å². The van der Waals surface area contributed by atoms with Crippen molar-refractivity contribution in [2.45, 2.75) is 13.5 Å². The molecule has 0 aromatic heterocycles. The Morgan fingerprint density at radius 2 is 1.85 bits per heavy atom. The molecule has 0 atom stereocenters. The standard InChI is InChI=1S/C19H17IN2O4/c1-11-3-5-12(6-4-11)10-26-17-14(20)7-13(9-16(17)25-2)8-15-18(23)22-19(24)21-15/h3-9H,10H2,1-2H3,(H2,21,22,23,24)/b15-8-. The van der Waals surface area contributed by atoms with Crippen molar-refractivity contribution < 1.29 is 19.1 Å². The number of carbonyl (C=O) groups excluding carboxylic acids is 2. The van der Waals surface area contributed by atoms with Gasteiger partial charge in [0, 0.05) is 0 Å². The summed E-state index contributed by atoms with van der Waals surface area (Å²) in [5, 5.41) is 4.63. The second-order valence-corrected chi connectivity index (χ2v) is 6.94. The van der Waals surface area contributed by atoms with Gasteiger partial charge >= 0.3 is 6.03 Å². The number of urea groups is 1. The van der Waals surface area contributed by atoms with Gasteiger partial charge in [0.25, 0.3) is 5.91 Å². The second kappa shape index (κ2) is 7.77. The van der Waals surface area contributed by atoms with Crippen molar-refractivity contribution in [3.8, 4) is 11.5 Å². The molecule has 0 aliphatic carbocycles. The minimum absolute atomic E-state index is 0.196. The van der Waals surface area contributed by atoms with Crippen LogP contribution in [0.25, 0.3) is 6.08 Å². The summed E-state index contributed by atoms with van der Waals surface area (Å²) in [5.74, 6) is 0.736. The summed E-state index contributed by atoms with van der Waals surface area (Å²) in [6.45, 7) is 2.46. The van der Waals surface area contributed by atoms with E-state index in [1.165, 1.54) is 5.56 Å². The summed E-state index contributed by atoms with van der Waals surface area (Å²) in [5.41, 5.74) is 3.17. The summed E-state index contributed by atoms with van der Waals surface area (Å²) in [6.07, 6.45) is 1.59. The van der Waals surface area contributed by atoms with Gasteiger partial charge in [-0.2, -0.15) is 0 Å². The van der Waals surface area contributed by atoms with E-state index in [1.807, 2.05) is 37.3 Å². The van der Waals surface area contributed by atoms with E-state index in [9.17, 15) is 9.59 Å². The maximum absolute atomic E-state index is 11.7. The summed E-state index contributed by atoms with van der Waals surface area (Å²) in [6, 6.07) is 11.2. The number of hydrogen-bond donors (Lipinski definition) is 2. The third-order valence-corrected chi connectivity index (χ3v) is 4.59. The Hall–Kier alpha value is -2.55. The van der Waals surface area contributed by atoms with Crippen molar-refractivity contribution in [2.24, 2.45) is 0 Å². The van der Waals surface area contributed by atoms with E-state index in [2.05, 4.69) is 33.2 Å². The van der Waals surface area contributed by atoms with Gasteiger partial charge in [-0.15, -0.1) is 0 Å². The molecule has 1 aliphatic rings. The van der Waals surface area contributed by atoms with Crippen LogP contribution in [0, 0.1) is 10.5 Å². The van der Waals surface area contributed by atoms with Crippen LogP contribution >= 0.6 is 22.6 Å². The first kappa shape index (κ1) is 18.2. The molecule has 0 radical (unpaired) electrons. The number of rotatable bonds is 5. The predicted molar refractivity (Wildman–Crippen MR) is 106 cm³/mol. The van der Waals surface area contributed by atoms with Crippen molar-refractivity contribution >= 4 is 40.6 Å². The van der Waals surface area contributed by atoms with Crippen LogP contribution in [-0.2, 0) is 11.4 Å². The Kier molecular flexibility index (Phi) is 5.46. The Morgan fingerprint density at radius 1 is 1.12 bits per heavy atom. The Bertz CT molecular complexity index is 891. The highest BCUT2D eigenvalue weighted by Crippen LogP contribution is 2.35. The van der Waals surface area contributed by atoms with Gasteiger partial charge in [0.05, 0.1) is 10.7 Å². The lowest BCUT2D eigenvalue weighted by atomic mass is 10.1. The zero-order chi connectivity index (χ0) is 18.7. The summed E-state index contributed by atoms with van der Waals surface area (Å²) >= 11 is 2.16. The molecule has 0 saturated carbocycles. The molecule has 1 heterocycles. The van der Waals surface area contributed by atoms with Crippen molar-refractivity contribution in [1.82, 2.24) is 10.6 Å². The van der Waals surface area contributed by atoms with Gasteiger partial charge in [0.2, 0.25) is 0 Å². The first-order chi connectivity index (χ1) is 12.5. The van der Waals surface area contributed by atoms with Crippen LogP contribution in [0.15, 0.2) is 42.1 Å². The number of benzene rings is 2. The molecule has 1 aliphatic heterocycles. The van der Waals surface area contributed by atoms with E-state index in [1.54, 1.807) is 19.3 Å². The van der Waals surface area contributed by atoms with Crippen molar-refractivity contribution in [2.75, 3.05) is 7.11 Å². The van der Waals surface area contributed by atoms with Crippen molar-refractivity contribution in [3.63, 3.8) is 0 Å². The average Bonchev–Trinajstić information content (AvgIpc) is 2.92. The van der Waals surface area contributed by atoms with Crippen LogP contribution in [0.2, 0.25) is 0 Å². The summed E-state index contributed by atoms with van der Waals surface area (Å²) < 4.78 is 12.2. The fourth-order valence-corrected chi connectivity index (χ4v) is 3.23. The number of halogens is 1. The molecule has 1 saturated heterocycles. The molecule has 134 valence electrons. The Morgan fingerprint density at radius 3 is 2.46 bits per heavy atom. The van der Waals surface area contributed by atoms with Gasteiger partial charge in [0.1, 0.15) is 12.3 Å². The normalized spacial score (nSPS) is 15.0. The highest BCUT2D eigenvalue weighted by Gasteiger charge is 2.23. The van der Waals surface area contributed by atoms with Crippen LogP contribution in [0.4, 0.5) is 4.79 Å². The van der Waals surface area contributed by atoms with Crippen LogP contribution in [0.3, 0.4) is 0 Å². The molecule has 0 bridgehead atoms. The number of nitrogens with one attached hydrogen (secondary N) is 2. The Balaban J connectivity index is 1.83. The molecule has 3 rings (SSSR count). The zero-order valence-corrected chi connectivity index (χ0v) is 16.4. The number of aryl methyl sites for hydroxylation is 1. The highest BCUT2D eigenvalue weighted by atomic mass is 127. The zero-order valence-electron chi connectivity index (χ0n) is 14.3. The average molecular weight is 464 g/mol. The van der Waals surface area contributed by atoms with Crippen LogP contribution in [0.1, 0.15) is 16.7 Å². The molecule has 3 amide bonds. The molecule has 2 aromatic rings. The van der Waals surface area contributed by atoms with Crippen LogP contribution in [0.5, 0.6) is 11.5 Å². The third kappa shape index (κ3) is 4.16. The molecular weight excluding hydrogens is 447 g/mol.